The Hall–Kier alpha value is -3.16. The highest BCUT2D eigenvalue weighted by Crippen LogP contribution is 2.18. The van der Waals surface area contributed by atoms with Gasteiger partial charge in [-0.2, -0.15) is 0 Å². The second-order valence-electron chi connectivity index (χ2n) is 5.62. The zero-order valence-electron chi connectivity index (χ0n) is 14.2. The molecule has 1 aromatic carbocycles. The van der Waals surface area contributed by atoms with Crippen molar-refractivity contribution in [2.24, 2.45) is 0 Å². The number of amides is 1. The molecule has 3 rings (SSSR count). The number of rotatable bonds is 7. The summed E-state index contributed by atoms with van der Waals surface area (Å²) in [5, 5.41) is 2.84. The van der Waals surface area contributed by atoms with Gasteiger partial charge in [0.1, 0.15) is 24.2 Å². The van der Waals surface area contributed by atoms with E-state index >= 15 is 0 Å². The fourth-order valence-electron chi connectivity index (χ4n) is 2.46. The highest BCUT2D eigenvalue weighted by Gasteiger charge is 2.13. The summed E-state index contributed by atoms with van der Waals surface area (Å²) in [5.74, 6) is 1.35. The van der Waals surface area contributed by atoms with Crippen LogP contribution in [0.1, 0.15) is 5.56 Å². The molecule has 0 bridgehead atoms. The second kappa shape index (κ2) is 7.61. The Morgan fingerprint density at radius 3 is 2.96 bits per heavy atom. The van der Waals surface area contributed by atoms with E-state index in [1.807, 2.05) is 31.2 Å². The number of aryl methyl sites for hydroxylation is 1. The summed E-state index contributed by atoms with van der Waals surface area (Å²) in [4.78, 5) is 29.2. The first-order chi connectivity index (χ1) is 12.1. The third-order valence-corrected chi connectivity index (χ3v) is 3.72. The molecule has 1 amide bonds. The average molecular weight is 340 g/mol. The monoisotopic (exact) mass is 340 g/mol. The minimum atomic E-state index is -0.109. The molecule has 0 spiro atoms. The molecule has 0 fully saturated rings. The van der Waals surface area contributed by atoms with Crippen LogP contribution in [0.2, 0.25) is 0 Å². The number of aromatic nitrogens is 4. The molecular formula is C17H20N6O2. The first-order valence-electron chi connectivity index (χ1n) is 7.95. The number of carbonyl (C=O) groups excluding carboxylic acids is 1. The molecule has 3 aromatic rings. The summed E-state index contributed by atoms with van der Waals surface area (Å²) in [6.45, 7) is 3.01. The lowest BCUT2D eigenvalue weighted by atomic mass is 10.2. The van der Waals surface area contributed by atoms with Gasteiger partial charge >= 0.3 is 0 Å². The zero-order chi connectivity index (χ0) is 17.6. The number of imidazole rings is 1. The Morgan fingerprint density at radius 2 is 2.12 bits per heavy atom. The van der Waals surface area contributed by atoms with E-state index in [0.717, 1.165) is 11.3 Å². The maximum Gasteiger partial charge on any atom is 0.239 e. The fraction of sp³-hybridized carbons (Fsp3) is 0.294. The molecule has 0 unspecified atom stereocenters. The van der Waals surface area contributed by atoms with Crippen LogP contribution in [0, 0.1) is 6.92 Å². The molecule has 0 atom stereocenters. The predicted octanol–water partition coefficient (Wildman–Crippen LogP) is 1.29. The molecule has 8 nitrogen and oxygen atoms in total. The van der Waals surface area contributed by atoms with Gasteiger partial charge in [0.15, 0.2) is 11.5 Å². The normalized spacial score (nSPS) is 10.6. The van der Waals surface area contributed by atoms with Gasteiger partial charge in [0, 0.05) is 7.05 Å². The molecule has 0 saturated heterocycles. The fourth-order valence-corrected chi connectivity index (χ4v) is 2.46. The van der Waals surface area contributed by atoms with Crippen molar-refractivity contribution in [2.75, 3.05) is 31.6 Å². The van der Waals surface area contributed by atoms with E-state index in [9.17, 15) is 4.79 Å². The van der Waals surface area contributed by atoms with E-state index < -0.39 is 0 Å². The van der Waals surface area contributed by atoms with Gasteiger partial charge in [-0.15, -0.1) is 0 Å². The number of nitrogens with zero attached hydrogens (tertiary/aromatic N) is 4. The van der Waals surface area contributed by atoms with Gasteiger partial charge in [-0.05, 0) is 18.6 Å². The molecule has 2 aromatic heterocycles. The molecule has 0 saturated carbocycles. The Labute approximate surface area is 145 Å². The van der Waals surface area contributed by atoms with Crippen molar-refractivity contribution in [3.63, 3.8) is 0 Å². The molecule has 0 aliphatic rings. The van der Waals surface area contributed by atoms with Gasteiger partial charge in [0.25, 0.3) is 0 Å². The summed E-state index contributed by atoms with van der Waals surface area (Å²) < 4.78 is 5.66. The van der Waals surface area contributed by atoms with Crippen LogP contribution in [-0.2, 0) is 4.79 Å². The number of benzene rings is 1. The predicted molar refractivity (Wildman–Crippen MR) is 94.6 cm³/mol. The molecule has 2 heterocycles. The standard InChI is InChI=1S/C17H20N6O2/c1-12-5-3-4-6-13(12)25-8-7-18-14(24)9-23(2)17-15-16(20-10-19-15)21-11-22-17/h3-6,10-11H,7-9H2,1-2H3,(H,18,24)(H,19,20,21,22). The highest BCUT2D eigenvalue weighted by molar-refractivity contribution is 5.86. The molecule has 130 valence electrons. The zero-order valence-corrected chi connectivity index (χ0v) is 14.2. The number of anilines is 1. The van der Waals surface area contributed by atoms with Crippen molar-refractivity contribution < 1.29 is 9.53 Å². The largest absolute Gasteiger partial charge is 0.491 e. The molecule has 2 N–H and O–H groups in total. The molecule has 0 radical (unpaired) electrons. The van der Waals surface area contributed by atoms with E-state index in [1.165, 1.54) is 6.33 Å². The summed E-state index contributed by atoms with van der Waals surface area (Å²) in [7, 11) is 1.80. The molecule has 0 aliphatic heterocycles. The second-order valence-corrected chi connectivity index (χ2v) is 5.62. The smallest absolute Gasteiger partial charge is 0.239 e. The topological polar surface area (TPSA) is 96.0 Å². The minimum Gasteiger partial charge on any atom is -0.491 e. The van der Waals surface area contributed by atoms with Crippen LogP contribution in [0.5, 0.6) is 5.75 Å². The van der Waals surface area contributed by atoms with Crippen molar-refractivity contribution in [3.8, 4) is 5.75 Å². The highest BCUT2D eigenvalue weighted by atomic mass is 16.5. The Bertz CT molecular complexity index is 863. The lowest BCUT2D eigenvalue weighted by molar-refractivity contribution is -0.119. The van der Waals surface area contributed by atoms with Crippen molar-refractivity contribution >= 4 is 22.9 Å². The molecule has 25 heavy (non-hydrogen) atoms. The van der Waals surface area contributed by atoms with Gasteiger partial charge in [-0.3, -0.25) is 4.79 Å². The maximum absolute atomic E-state index is 12.1. The quantitative estimate of drug-likeness (QED) is 0.629. The third-order valence-electron chi connectivity index (χ3n) is 3.72. The first kappa shape index (κ1) is 16.7. The maximum atomic E-state index is 12.1. The van der Waals surface area contributed by atoms with Crippen LogP contribution < -0.4 is 15.0 Å². The van der Waals surface area contributed by atoms with Crippen molar-refractivity contribution in [3.05, 3.63) is 42.5 Å². The van der Waals surface area contributed by atoms with Gasteiger partial charge in [-0.25, -0.2) is 15.0 Å². The van der Waals surface area contributed by atoms with Crippen molar-refractivity contribution in [2.45, 2.75) is 6.92 Å². The van der Waals surface area contributed by atoms with Crippen molar-refractivity contribution in [1.82, 2.24) is 25.3 Å². The number of fused-ring (bicyclic) bond motifs is 1. The van der Waals surface area contributed by atoms with Gasteiger partial charge in [0.05, 0.1) is 19.4 Å². The number of hydrogen-bond acceptors (Lipinski definition) is 6. The van der Waals surface area contributed by atoms with Gasteiger partial charge < -0.3 is 19.9 Å². The first-order valence-corrected chi connectivity index (χ1v) is 7.95. The van der Waals surface area contributed by atoms with Crippen LogP contribution in [0.15, 0.2) is 36.9 Å². The van der Waals surface area contributed by atoms with Crippen molar-refractivity contribution in [1.29, 1.82) is 0 Å². The van der Waals surface area contributed by atoms with E-state index in [-0.39, 0.29) is 12.5 Å². The number of likely N-dealkylation sites (N-methyl/N-ethyl adjacent to an activating group) is 1. The Kier molecular flexibility index (Phi) is 5.08. The number of H-pyrrole nitrogens is 1. The number of nitrogens with one attached hydrogen (secondary N) is 2. The third kappa shape index (κ3) is 4.03. The molecule has 8 heteroatoms. The van der Waals surface area contributed by atoms with Gasteiger partial charge in [-0.1, -0.05) is 18.2 Å². The summed E-state index contributed by atoms with van der Waals surface area (Å²) in [6.07, 6.45) is 2.99. The number of ether oxygens (including phenoxy) is 1. The Balaban J connectivity index is 1.48. The molecule has 0 aliphatic carbocycles. The lowest BCUT2D eigenvalue weighted by Crippen LogP contribution is -2.37. The number of aromatic amines is 1. The SMILES string of the molecule is Cc1ccccc1OCCNC(=O)CN(C)c1ncnc2nc[nH]c12. The van der Waals surface area contributed by atoms with E-state index in [4.69, 9.17) is 4.74 Å². The number of para-hydroxylation sites is 1. The summed E-state index contributed by atoms with van der Waals surface area (Å²) >= 11 is 0. The summed E-state index contributed by atoms with van der Waals surface area (Å²) in [6, 6.07) is 7.79. The lowest BCUT2D eigenvalue weighted by Gasteiger charge is -2.18. The Morgan fingerprint density at radius 1 is 1.28 bits per heavy atom. The van der Waals surface area contributed by atoms with E-state index in [1.54, 1.807) is 18.3 Å². The molecular weight excluding hydrogens is 320 g/mol. The average Bonchev–Trinajstić information content (AvgIpc) is 3.08. The van der Waals surface area contributed by atoms with Crippen LogP contribution in [0.25, 0.3) is 11.2 Å². The number of hydrogen-bond donors (Lipinski definition) is 2. The summed E-state index contributed by atoms with van der Waals surface area (Å²) in [5.41, 5.74) is 2.35. The van der Waals surface area contributed by atoms with E-state index in [0.29, 0.717) is 30.1 Å². The van der Waals surface area contributed by atoms with E-state index in [2.05, 4.69) is 25.3 Å². The minimum absolute atomic E-state index is 0.109. The van der Waals surface area contributed by atoms with Crippen LogP contribution >= 0.6 is 0 Å². The van der Waals surface area contributed by atoms with Crippen LogP contribution in [0.3, 0.4) is 0 Å². The van der Waals surface area contributed by atoms with Crippen LogP contribution in [-0.4, -0.2) is 52.6 Å². The number of carbonyl (C=O) groups is 1. The van der Waals surface area contributed by atoms with Crippen LogP contribution in [0.4, 0.5) is 5.82 Å². The van der Waals surface area contributed by atoms with Gasteiger partial charge in [0.2, 0.25) is 5.91 Å².